The van der Waals surface area contributed by atoms with Gasteiger partial charge in [0, 0.05) is 6.54 Å². The Hall–Kier alpha value is -1.65. The van der Waals surface area contributed by atoms with Crippen molar-refractivity contribution in [2.24, 2.45) is 0 Å². The van der Waals surface area contributed by atoms with E-state index >= 15 is 0 Å². The first kappa shape index (κ1) is 7.97. The summed E-state index contributed by atoms with van der Waals surface area (Å²) in [5.74, 6) is -1.96. The highest BCUT2D eigenvalue weighted by molar-refractivity contribution is 5.92. The molecule has 0 saturated carbocycles. The van der Waals surface area contributed by atoms with Gasteiger partial charge in [0.15, 0.2) is 11.6 Å². The summed E-state index contributed by atoms with van der Waals surface area (Å²) in [7, 11) is 0. The highest BCUT2D eigenvalue weighted by Crippen LogP contribution is 2.24. The highest BCUT2D eigenvalue weighted by Gasteiger charge is 2.19. The van der Waals surface area contributed by atoms with Gasteiger partial charge in [-0.3, -0.25) is 0 Å². The molecule has 13 heavy (non-hydrogen) atoms. The molecule has 2 amide bonds. The number of carbonyl (C=O) groups is 1. The lowest BCUT2D eigenvalue weighted by Crippen LogP contribution is -2.34. The fraction of sp³-hybridized carbons (Fsp3) is 0.125. The normalized spacial score (nSPS) is 14.5. The van der Waals surface area contributed by atoms with Gasteiger partial charge in [0.25, 0.3) is 0 Å². The van der Waals surface area contributed by atoms with E-state index in [1.54, 1.807) is 0 Å². The minimum absolute atomic E-state index is 0.0660. The smallest absolute Gasteiger partial charge is 0.319 e. The second-order valence-corrected chi connectivity index (χ2v) is 2.70. The zero-order chi connectivity index (χ0) is 9.42. The summed E-state index contributed by atoms with van der Waals surface area (Å²) in [5.41, 5.74) is 0.474. The number of hydrogen-bond donors (Lipinski definition) is 2. The van der Waals surface area contributed by atoms with Crippen LogP contribution in [-0.4, -0.2) is 6.03 Å². The molecule has 1 aromatic rings. The first-order chi connectivity index (χ1) is 6.18. The van der Waals surface area contributed by atoms with Crippen molar-refractivity contribution in [3.05, 3.63) is 29.3 Å². The van der Waals surface area contributed by atoms with Crippen LogP contribution in [0.4, 0.5) is 19.3 Å². The number of amides is 2. The summed E-state index contributed by atoms with van der Waals surface area (Å²) in [4.78, 5) is 10.8. The van der Waals surface area contributed by atoms with E-state index < -0.39 is 17.7 Å². The summed E-state index contributed by atoms with van der Waals surface area (Å²) in [6.07, 6.45) is 0. The van der Waals surface area contributed by atoms with Gasteiger partial charge >= 0.3 is 6.03 Å². The second-order valence-electron chi connectivity index (χ2n) is 2.70. The van der Waals surface area contributed by atoms with Crippen molar-refractivity contribution >= 4 is 11.7 Å². The van der Waals surface area contributed by atoms with Crippen molar-refractivity contribution in [1.82, 2.24) is 5.32 Å². The lowest BCUT2D eigenvalue weighted by atomic mass is 10.1. The van der Waals surface area contributed by atoms with Gasteiger partial charge in [0.1, 0.15) is 0 Å². The van der Waals surface area contributed by atoms with Crippen molar-refractivity contribution in [3.8, 4) is 0 Å². The highest BCUT2D eigenvalue weighted by atomic mass is 19.2. The fourth-order valence-electron chi connectivity index (χ4n) is 1.21. The van der Waals surface area contributed by atoms with Crippen LogP contribution in [-0.2, 0) is 6.54 Å². The van der Waals surface area contributed by atoms with E-state index in [4.69, 9.17) is 0 Å². The Kier molecular flexibility index (Phi) is 1.65. The van der Waals surface area contributed by atoms with Crippen molar-refractivity contribution in [2.75, 3.05) is 5.32 Å². The van der Waals surface area contributed by atoms with Crippen molar-refractivity contribution < 1.29 is 13.6 Å². The zero-order valence-electron chi connectivity index (χ0n) is 6.53. The van der Waals surface area contributed by atoms with Gasteiger partial charge < -0.3 is 10.6 Å². The number of anilines is 1. The van der Waals surface area contributed by atoms with Crippen LogP contribution in [0.2, 0.25) is 0 Å². The standard InChI is InChI=1S/C8H6F2N2O/c9-5-2-1-4-3-11-8(13)12-7(4)6(5)10/h1-2H,3H2,(H2,11,12,13). The van der Waals surface area contributed by atoms with Gasteiger partial charge in [-0.15, -0.1) is 0 Å². The Labute approximate surface area is 72.7 Å². The van der Waals surface area contributed by atoms with Crippen LogP contribution in [0.3, 0.4) is 0 Å². The number of fused-ring (bicyclic) bond motifs is 1. The number of carbonyl (C=O) groups excluding carboxylic acids is 1. The Bertz CT molecular complexity index is 379. The van der Waals surface area contributed by atoms with E-state index in [-0.39, 0.29) is 12.2 Å². The Morgan fingerprint density at radius 3 is 2.85 bits per heavy atom. The molecule has 1 heterocycles. The average molecular weight is 184 g/mol. The summed E-state index contributed by atoms with van der Waals surface area (Å²) in [5, 5.41) is 4.65. The lowest BCUT2D eigenvalue weighted by molar-refractivity contribution is 0.250. The number of benzene rings is 1. The molecule has 0 aliphatic carbocycles. The minimum atomic E-state index is -1.01. The molecule has 1 aromatic carbocycles. The van der Waals surface area contributed by atoms with Crippen molar-refractivity contribution in [3.63, 3.8) is 0 Å². The summed E-state index contributed by atoms with van der Waals surface area (Å²) >= 11 is 0. The Morgan fingerprint density at radius 1 is 1.31 bits per heavy atom. The summed E-state index contributed by atoms with van der Waals surface area (Å²) in [6, 6.07) is 1.95. The van der Waals surface area contributed by atoms with E-state index in [9.17, 15) is 13.6 Å². The molecular formula is C8H6F2N2O. The zero-order valence-corrected chi connectivity index (χ0v) is 6.53. The third-order valence-electron chi connectivity index (χ3n) is 1.86. The van der Waals surface area contributed by atoms with Crippen molar-refractivity contribution in [2.45, 2.75) is 6.54 Å². The van der Waals surface area contributed by atoms with Gasteiger partial charge in [-0.05, 0) is 11.6 Å². The minimum Gasteiger partial charge on any atom is -0.334 e. The van der Waals surface area contributed by atoms with Gasteiger partial charge in [-0.25, -0.2) is 13.6 Å². The van der Waals surface area contributed by atoms with Gasteiger partial charge in [0.2, 0.25) is 0 Å². The van der Waals surface area contributed by atoms with Crippen LogP contribution >= 0.6 is 0 Å². The molecule has 0 fully saturated rings. The summed E-state index contributed by atoms with van der Waals surface area (Å²) in [6.45, 7) is 0.221. The van der Waals surface area contributed by atoms with E-state index in [1.807, 2.05) is 0 Å². The van der Waals surface area contributed by atoms with E-state index in [1.165, 1.54) is 6.07 Å². The largest absolute Gasteiger partial charge is 0.334 e. The topological polar surface area (TPSA) is 41.1 Å². The molecule has 0 atom stereocenters. The third-order valence-corrected chi connectivity index (χ3v) is 1.86. The average Bonchev–Trinajstić information content (AvgIpc) is 2.12. The lowest BCUT2D eigenvalue weighted by Gasteiger charge is -2.18. The molecule has 2 rings (SSSR count). The van der Waals surface area contributed by atoms with Crippen LogP contribution in [0.15, 0.2) is 12.1 Å². The first-order valence-corrected chi connectivity index (χ1v) is 3.70. The monoisotopic (exact) mass is 184 g/mol. The molecule has 5 heteroatoms. The molecule has 0 bridgehead atoms. The predicted octanol–water partition coefficient (Wildman–Crippen LogP) is 1.60. The van der Waals surface area contributed by atoms with Crippen LogP contribution < -0.4 is 10.6 Å². The molecule has 1 aliphatic heterocycles. The van der Waals surface area contributed by atoms with Crippen LogP contribution in [0.5, 0.6) is 0 Å². The molecule has 0 spiro atoms. The molecule has 1 aliphatic rings. The van der Waals surface area contributed by atoms with Gasteiger partial charge in [-0.1, -0.05) is 6.07 Å². The third kappa shape index (κ3) is 1.22. The molecule has 0 saturated heterocycles. The molecule has 0 unspecified atom stereocenters. The maximum absolute atomic E-state index is 13.0. The van der Waals surface area contributed by atoms with Gasteiger partial charge in [0.05, 0.1) is 5.69 Å². The maximum atomic E-state index is 13.0. The van der Waals surface area contributed by atoms with Crippen molar-refractivity contribution in [1.29, 1.82) is 0 Å². The molecule has 2 N–H and O–H groups in total. The number of halogens is 2. The van der Waals surface area contributed by atoms with E-state index in [2.05, 4.69) is 10.6 Å². The Morgan fingerprint density at radius 2 is 2.08 bits per heavy atom. The number of urea groups is 1. The predicted molar refractivity (Wildman–Crippen MR) is 42.2 cm³/mol. The maximum Gasteiger partial charge on any atom is 0.319 e. The molecule has 0 aromatic heterocycles. The van der Waals surface area contributed by atoms with Crippen LogP contribution in [0.25, 0.3) is 0 Å². The van der Waals surface area contributed by atoms with Crippen LogP contribution in [0.1, 0.15) is 5.56 Å². The number of hydrogen-bond acceptors (Lipinski definition) is 1. The number of nitrogens with one attached hydrogen (secondary N) is 2. The number of rotatable bonds is 0. The first-order valence-electron chi connectivity index (χ1n) is 3.70. The Balaban J connectivity index is 2.54. The SMILES string of the molecule is O=C1NCc2ccc(F)c(F)c2N1. The van der Waals surface area contributed by atoms with E-state index in [0.717, 1.165) is 6.07 Å². The van der Waals surface area contributed by atoms with Crippen LogP contribution in [0, 0.1) is 11.6 Å². The molecule has 3 nitrogen and oxygen atoms in total. The quantitative estimate of drug-likeness (QED) is 0.631. The summed E-state index contributed by atoms with van der Waals surface area (Å²) < 4.78 is 25.7. The molecular weight excluding hydrogens is 178 g/mol. The van der Waals surface area contributed by atoms with E-state index in [0.29, 0.717) is 5.56 Å². The fourth-order valence-corrected chi connectivity index (χ4v) is 1.21. The molecule has 0 radical (unpaired) electrons. The van der Waals surface area contributed by atoms with Gasteiger partial charge in [-0.2, -0.15) is 0 Å². The second kappa shape index (κ2) is 2.69. The molecule has 68 valence electrons.